The van der Waals surface area contributed by atoms with Crippen molar-refractivity contribution in [2.75, 3.05) is 13.2 Å². The number of thioether (sulfide) groups is 1. The van der Waals surface area contributed by atoms with E-state index in [2.05, 4.69) is 15.9 Å². The predicted octanol–water partition coefficient (Wildman–Crippen LogP) is 5.74. The Kier molecular flexibility index (Phi) is 8.28. The zero-order valence-electron chi connectivity index (χ0n) is 17.2. The second kappa shape index (κ2) is 10.9. The Morgan fingerprint density at radius 1 is 1.23 bits per heavy atom. The van der Waals surface area contributed by atoms with E-state index in [0.29, 0.717) is 33.6 Å². The summed E-state index contributed by atoms with van der Waals surface area (Å²) >= 11 is 10.1. The molecule has 3 rings (SSSR count). The Labute approximate surface area is 199 Å². The SMILES string of the molecule is CCCOC(=O)C(c1ccccc1)N1C(=O)/C(=C\c2cc(Br)ccc2OCC)SC1=S. The van der Waals surface area contributed by atoms with Gasteiger partial charge >= 0.3 is 5.97 Å². The van der Waals surface area contributed by atoms with Crippen molar-refractivity contribution in [1.29, 1.82) is 0 Å². The van der Waals surface area contributed by atoms with Crippen LogP contribution in [0.1, 0.15) is 37.4 Å². The largest absolute Gasteiger partial charge is 0.493 e. The first kappa shape index (κ1) is 23.5. The fourth-order valence-electron chi connectivity index (χ4n) is 3.07. The number of hydrogen-bond donors (Lipinski definition) is 0. The van der Waals surface area contributed by atoms with Gasteiger partial charge in [0, 0.05) is 10.0 Å². The summed E-state index contributed by atoms with van der Waals surface area (Å²) in [7, 11) is 0. The summed E-state index contributed by atoms with van der Waals surface area (Å²) in [5.74, 6) is -0.166. The van der Waals surface area contributed by atoms with Gasteiger partial charge in [0.25, 0.3) is 5.91 Å². The normalized spacial score (nSPS) is 16.0. The monoisotopic (exact) mass is 519 g/mol. The molecule has 2 aromatic carbocycles. The van der Waals surface area contributed by atoms with Crippen LogP contribution in [0.5, 0.6) is 5.75 Å². The van der Waals surface area contributed by atoms with Gasteiger partial charge in [-0.05, 0) is 43.2 Å². The van der Waals surface area contributed by atoms with Crippen LogP contribution in [0, 0.1) is 0 Å². The molecular weight excluding hydrogens is 498 g/mol. The molecular formula is C23H22BrNO4S2. The number of esters is 1. The number of nitrogens with zero attached hydrogens (tertiary/aromatic N) is 1. The number of carbonyl (C=O) groups excluding carboxylic acids is 2. The third-order valence-electron chi connectivity index (χ3n) is 4.43. The van der Waals surface area contributed by atoms with Crippen LogP contribution in [-0.2, 0) is 14.3 Å². The molecule has 0 aromatic heterocycles. The van der Waals surface area contributed by atoms with E-state index >= 15 is 0 Å². The molecule has 1 atom stereocenters. The van der Waals surface area contributed by atoms with Crippen LogP contribution in [0.2, 0.25) is 0 Å². The summed E-state index contributed by atoms with van der Waals surface area (Å²) in [5.41, 5.74) is 1.40. The van der Waals surface area contributed by atoms with Crippen LogP contribution >= 0.6 is 39.9 Å². The third-order valence-corrected chi connectivity index (χ3v) is 6.25. The van der Waals surface area contributed by atoms with E-state index in [9.17, 15) is 9.59 Å². The Bertz CT molecular complexity index is 1010. The van der Waals surface area contributed by atoms with Gasteiger partial charge in [-0.25, -0.2) is 4.79 Å². The van der Waals surface area contributed by atoms with E-state index < -0.39 is 12.0 Å². The topological polar surface area (TPSA) is 55.8 Å². The molecule has 31 heavy (non-hydrogen) atoms. The lowest BCUT2D eigenvalue weighted by molar-refractivity contribution is -0.151. The highest BCUT2D eigenvalue weighted by Gasteiger charge is 2.42. The molecule has 2 aromatic rings. The van der Waals surface area contributed by atoms with Crippen LogP contribution in [0.3, 0.4) is 0 Å². The van der Waals surface area contributed by atoms with Crippen molar-refractivity contribution in [3.8, 4) is 5.75 Å². The summed E-state index contributed by atoms with van der Waals surface area (Å²) in [4.78, 5) is 28.0. The summed E-state index contributed by atoms with van der Waals surface area (Å²) in [6.07, 6.45) is 2.43. The number of amides is 1. The first-order valence-corrected chi connectivity index (χ1v) is 11.9. The maximum Gasteiger partial charge on any atom is 0.333 e. The van der Waals surface area contributed by atoms with E-state index in [1.165, 1.54) is 4.90 Å². The van der Waals surface area contributed by atoms with Gasteiger partial charge in [-0.1, -0.05) is 77.2 Å². The average molecular weight is 520 g/mol. The molecule has 1 saturated heterocycles. The van der Waals surface area contributed by atoms with Crippen LogP contribution < -0.4 is 4.74 Å². The average Bonchev–Trinajstić information content (AvgIpc) is 3.03. The Morgan fingerprint density at radius 2 is 1.97 bits per heavy atom. The molecule has 0 radical (unpaired) electrons. The quantitative estimate of drug-likeness (QED) is 0.251. The molecule has 0 spiro atoms. The number of halogens is 1. The van der Waals surface area contributed by atoms with Crippen molar-refractivity contribution in [2.45, 2.75) is 26.3 Å². The fraction of sp³-hybridized carbons (Fsp3) is 0.261. The summed E-state index contributed by atoms with van der Waals surface area (Å²) in [6, 6.07) is 13.7. The highest BCUT2D eigenvalue weighted by molar-refractivity contribution is 9.10. The lowest BCUT2D eigenvalue weighted by Crippen LogP contribution is -2.38. The molecule has 0 saturated carbocycles. The molecule has 0 bridgehead atoms. The van der Waals surface area contributed by atoms with Crippen molar-refractivity contribution >= 4 is 62.2 Å². The van der Waals surface area contributed by atoms with Gasteiger partial charge in [-0.2, -0.15) is 0 Å². The molecule has 1 aliphatic rings. The second-order valence-corrected chi connectivity index (χ2v) is 9.24. The van der Waals surface area contributed by atoms with Crippen LogP contribution in [0.4, 0.5) is 0 Å². The highest BCUT2D eigenvalue weighted by Crippen LogP contribution is 2.40. The molecule has 1 aliphatic heterocycles. The first-order valence-electron chi connectivity index (χ1n) is 9.87. The van der Waals surface area contributed by atoms with Crippen LogP contribution in [0.15, 0.2) is 57.9 Å². The van der Waals surface area contributed by atoms with Gasteiger partial charge in [-0.15, -0.1) is 0 Å². The lowest BCUT2D eigenvalue weighted by Gasteiger charge is -2.25. The van der Waals surface area contributed by atoms with Crippen LogP contribution in [0.25, 0.3) is 6.08 Å². The molecule has 5 nitrogen and oxygen atoms in total. The van der Waals surface area contributed by atoms with E-state index in [-0.39, 0.29) is 12.5 Å². The highest BCUT2D eigenvalue weighted by atomic mass is 79.9. The molecule has 8 heteroatoms. The van der Waals surface area contributed by atoms with E-state index in [1.807, 2.05) is 50.2 Å². The molecule has 0 N–H and O–H groups in total. The molecule has 1 unspecified atom stereocenters. The summed E-state index contributed by atoms with van der Waals surface area (Å²) < 4.78 is 12.2. The maximum absolute atomic E-state index is 13.4. The minimum absolute atomic E-state index is 0.280. The standard InChI is InChI=1S/C23H22BrNO4S2/c1-3-12-29-22(27)20(15-8-6-5-7-9-15)25-21(26)19(31-23(25)30)14-16-13-17(24)10-11-18(16)28-4-2/h5-11,13-14,20H,3-4,12H2,1-2H3/b19-14+. The third kappa shape index (κ3) is 5.56. The molecule has 1 amide bonds. The van der Waals surface area contributed by atoms with Gasteiger partial charge < -0.3 is 9.47 Å². The van der Waals surface area contributed by atoms with Crippen molar-refractivity contribution in [1.82, 2.24) is 4.90 Å². The maximum atomic E-state index is 13.4. The van der Waals surface area contributed by atoms with Gasteiger partial charge in [0.15, 0.2) is 6.04 Å². The van der Waals surface area contributed by atoms with E-state index in [0.717, 1.165) is 21.8 Å². The number of hydrogen-bond acceptors (Lipinski definition) is 6. The predicted molar refractivity (Wildman–Crippen MR) is 131 cm³/mol. The minimum Gasteiger partial charge on any atom is -0.493 e. The van der Waals surface area contributed by atoms with Gasteiger partial charge in [-0.3, -0.25) is 9.69 Å². The zero-order chi connectivity index (χ0) is 22.4. The van der Waals surface area contributed by atoms with Gasteiger partial charge in [0.1, 0.15) is 10.1 Å². The lowest BCUT2D eigenvalue weighted by atomic mass is 10.1. The number of ether oxygens (including phenoxy) is 2. The Balaban J connectivity index is 1.98. The number of benzene rings is 2. The fourth-order valence-corrected chi connectivity index (χ4v) is 4.75. The van der Waals surface area contributed by atoms with Crippen LogP contribution in [-0.4, -0.2) is 34.3 Å². The van der Waals surface area contributed by atoms with Crippen molar-refractivity contribution in [2.24, 2.45) is 0 Å². The smallest absolute Gasteiger partial charge is 0.333 e. The van der Waals surface area contributed by atoms with Crippen molar-refractivity contribution in [3.63, 3.8) is 0 Å². The first-order chi connectivity index (χ1) is 15.0. The van der Waals surface area contributed by atoms with Crippen molar-refractivity contribution in [3.05, 3.63) is 69.0 Å². The Hall–Kier alpha value is -2.16. The zero-order valence-corrected chi connectivity index (χ0v) is 20.4. The second-order valence-electron chi connectivity index (χ2n) is 6.65. The number of carbonyl (C=O) groups is 2. The minimum atomic E-state index is -0.931. The van der Waals surface area contributed by atoms with E-state index in [1.54, 1.807) is 18.2 Å². The molecule has 0 aliphatic carbocycles. The molecule has 1 heterocycles. The molecule has 1 fully saturated rings. The number of thiocarbonyl (C=S) groups is 1. The Morgan fingerprint density at radius 3 is 2.65 bits per heavy atom. The van der Waals surface area contributed by atoms with Gasteiger partial charge in [0.2, 0.25) is 0 Å². The molecule has 162 valence electrons. The summed E-state index contributed by atoms with van der Waals surface area (Å²) in [6.45, 7) is 4.60. The summed E-state index contributed by atoms with van der Waals surface area (Å²) in [5, 5.41) is 0. The number of rotatable bonds is 8. The van der Waals surface area contributed by atoms with Gasteiger partial charge in [0.05, 0.1) is 18.1 Å². The van der Waals surface area contributed by atoms with Crippen molar-refractivity contribution < 1.29 is 19.1 Å². The van der Waals surface area contributed by atoms with E-state index in [4.69, 9.17) is 21.7 Å².